The van der Waals surface area contributed by atoms with E-state index in [9.17, 15) is 0 Å². The highest BCUT2D eigenvalue weighted by Gasteiger charge is 2.22. The van der Waals surface area contributed by atoms with Crippen molar-refractivity contribution in [3.05, 3.63) is 44.9 Å². The van der Waals surface area contributed by atoms with Crippen molar-refractivity contribution in [2.45, 2.75) is 53.6 Å². The number of hydrogen-bond acceptors (Lipinski definition) is 4. The Morgan fingerprint density at radius 2 is 2.07 bits per heavy atom. The predicted molar refractivity (Wildman–Crippen MR) is 113 cm³/mol. The van der Waals surface area contributed by atoms with Gasteiger partial charge < -0.3 is 15.4 Å². The molecule has 0 amide bonds. The van der Waals surface area contributed by atoms with Crippen molar-refractivity contribution in [1.82, 2.24) is 15.6 Å². The number of nitrogens with zero attached hydrogens (tertiary/aromatic N) is 2. The number of aryl methyl sites for hydroxylation is 3. The molecule has 0 saturated heterocycles. The van der Waals surface area contributed by atoms with Crippen LogP contribution in [0.25, 0.3) is 0 Å². The lowest BCUT2D eigenvalue weighted by molar-refractivity contribution is 0.296. The van der Waals surface area contributed by atoms with E-state index in [1.165, 1.54) is 23.3 Å². The number of aromatic nitrogens is 1. The Hall–Kier alpha value is -2.08. The Kier molecular flexibility index (Phi) is 6.72. The Morgan fingerprint density at radius 1 is 1.26 bits per heavy atom. The van der Waals surface area contributed by atoms with Gasteiger partial charge in [0.15, 0.2) is 5.96 Å². The van der Waals surface area contributed by atoms with E-state index in [1.54, 1.807) is 11.3 Å². The molecule has 5 nitrogen and oxygen atoms in total. The molecule has 146 valence electrons. The van der Waals surface area contributed by atoms with E-state index in [1.807, 2.05) is 0 Å². The summed E-state index contributed by atoms with van der Waals surface area (Å²) in [5.74, 6) is 2.51. The van der Waals surface area contributed by atoms with Crippen LogP contribution < -0.4 is 15.4 Å². The minimum absolute atomic E-state index is 0.589. The van der Waals surface area contributed by atoms with Crippen molar-refractivity contribution >= 4 is 17.3 Å². The van der Waals surface area contributed by atoms with Crippen molar-refractivity contribution in [3.63, 3.8) is 0 Å². The van der Waals surface area contributed by atoms with Gasteiger partial charge in [-0.25, -0.2) is 9.98 Å². The third kappa shape index (κ3) is 5.96. The molecule has 0 aliphatic heterocycles. The van der Waals surface area contributed by atoms with Gasteiger partial charge in [0.05, 0.1) is 25.4 Å². The SMILES string of the molecule is CCNC(=NCc1ccc(C)cc1OCC1CC1)NCc1nc(C)c(C)s1. The molecule has 0 atom stereocenters. The van der Waals surface area contributed by atoms with Crippen LogP contribution in [0.5, 0.6) is 5.75 Å². The molecule has 0 spiro atoms. The molecule has 0 bridgehead atoms. The van der Waals surface area contributed by atoms with Crippen LogP contribution in [-0.2, 0) is 13.1 Å². The lowest BCUT2D eigenvalue weighted by Gasteiger charge is -2.13. The molecule has 1 saturated carbocycles. The fraction of sp³-hybridized carbons (Fsp3) is 0.524. The summed E-state index contributed by atoms with van der Waals surface area (Å²) >= 11 is 1.73. The fourth-order valence-corrected chi connectivity index (χ4v) is 3.57. The second-order valence-corrected chi connectivity index (χ2v) is 8.45. The summed E-state index contributed by atoms with van der Waals surface area (Å²) in [6.45, 7) is 11.2. The lowest BCUT2D eigenvalue weighted by Crippen LogP contribution is -2.36. The predicted octanol–water partition coefficient (Wildman–Crippen LogP) is 4.11. The van der Waals surface area contributed by atoms with Gasteiger partial charge in [0.25, 0.3) is 0 Å². The first kappa shape index (κ1) is 19.7. The first-order valence-corrected chi connectivity index (χ1v) is 10.5. The van der Waals surface area contributed by atoms with E-state index in [4.69, 9.17) is 9.73 Å². The van der Waals surface area contributed by atoms with Crippen LogP contribution >= 0.6 is 11.3 Å². The van der Waals surface area contributed by atoms with Gasteiger partial charge in [-0.1, -0.05) is 12.1 Å². The standard InChI is InChI=1S/C21H30N4OS/c1-5-22-21(24-12-20-25-15(3)16(4)27-20)23-11-18-9-6-14(2)10-19(18)26-13-17-7-8-17/h6,9-10,17H,5,7-8,11-13H2,1-4H3,(H2,22,23,24). The zero-order chi connectivity index (χ0) is 19.2. The number of guanidine groups is 1. The van der Waals surface area contributed by atoms with Crippen molar-refractivity contribution in [1.29, 1.82) is 0 Å². The van der Waals surface area contributed by atoms with Crippen LogP contribution in [0.1, 0.15) is 46.5 Å². The summed E-state index contributed by atoms with van der Waals surface area (Å²) in [4.78, 5) is 10.6. The number of aliphatic imine (C=N–C) groups is 1. The third-order valence-electron chi connectivity index (χ3n) is 4.63. The molecule has 1 heterocycles. The normalized spacial score (nSPS) is 14.3. The number of ether oxygens (including phenoxy) is 1. The molecule has 1 aromatic heterocycles. The van der Waals surface area contributed by atoms with Gasteiger partial charge >= 0.3 is 0 Å². The average Bonchev–Trinajstić information content (AvgIpc) is 3.41. The maximum absolute atomic E-state index is 6.06. The third-order valence-corrected chi connectivity index (χ3v) is 5.70. The lowest BCUT2D eigenvalue weighted by atomic mass is 10.1. The van der Waals surface area contributed by atoms with Crippen LogP contribution in [0.15, 0.2) is 23.2 Å². The molecular weight excluding hydrogens is 356 g/mol. The average molecular weight is 387 g/mol. The molecule has 1 aliphatic carbocycles. The first-order valence-electron chi connectivity index (χ1n) is 9.72. The molecular formula is C21H30N4OS. The second kappa shape index (κ2) is 9.22. The van der Waals surface area contributed by atoms with Gasteiger partial charge in [0.2, 0.25) is 0 Å². The van der Waals surface area contributed by atoms with E-state index in [-0.39, 0.29) is 0 Å². The van der Waals surface area contributed by atoms with Gasteiger partial charge in [-0.2, -0.15) is 0 Å². The molecule has 0 unspecified atom stereocenters. The molecule has 2 aromatic rings. The van der Waals surface area contributed by atoms with Gasteiger partial charge in [0, 0.05) is 17.0 Å². The van der Waals surface area contributed by atoms with Crippen LogP contribution in [0.4, 0.5) is 0 Å². The molecule has 2 N–H and O–H groups in total. The maximum atomic E-state index is 6.06. The number of hydrogen-bond donors (Lipinski definition) is 2. The second-order valence-electron chi connectivity index (χ2n) is 7.16. The van der Waals surface area contributed by atoms with E-state index < -0.39 is 0 Å². The molecule has 1 aromatic carbocycles. The summed E-state index contributed by atoms with van der Waals surface area (Å²) in [5.41, 5.74) is 3.45. The quantitative estimate of drug-likeness (QED) is 0.529. The van der Waals surface area contributed by atoms with Crippen LogP contribution in [0.2, 0.25) is 0 Å². The highest BCUT2D eigenvalue weighted by atomic mass is 32.1. The Morgan fingerprint density at radius 3 is 2.74 bits per heavy atom. The highest BCUT2D eigenvalue weighted by Crippen LogP contribution is 2.31. The zero-order valence-electron chi connectivity index (χ0n) is 16.8. The maximum Gasteiger partial charge on any atom is 0.191 e. The van der Waals surface area contributed by atoms with Gasteiger partial charge in [0.1, 0.15) is 10.8 Å². The summed E-state index contributed by atoms with van der Waals surface area (Å²) < 4.78 is 6.06. The molecule has 3 rings (SSSR count). The summed E-state index contributed by atoms with van der Waals surface area (Å²) in [5, 5.41) is 7.78. The Balaban J connectivity index is 1.64. The first-order chi connectivity index (χ1) is 13.0. The molecule has 27 heavy (non-hydrogen) atoms. The Labute approximate surface area is 166 Å². The minimum Gasteiger partial charge on any atom is -0.493 e. The fourth-order valence-electron chi connectivity index (χ4n) is 2.70. The van der Waals surface area contributed by atoms with Gasteiger partial charge in [-0.15, -0.1) is 11.3 Å². The molecule has 6 heteroatoms. The number of rotatable bonds is 8. The zero-order valence-corrected chi connectivity index (χ0v) is 17.6. The summed E-state index contributed by atoms with van der Waals surface area (Å²) in [6.07, 6.45) is 2.59. The van der Waals surface area contributed by atoms with Gasteiger partial charge in [-0.3, -0.25) is 0 Å². The Bertz CT molecular complexity index is 776. The van der Waals surface area contributed by atoms with E-state index >= 15 is 0 Å². The van der Waals surface area contributed by atoms with E-state index in [0.717, 1.165) is 47.0 Å². The van der Waals surface area contributed by atoms with Crippen molar-refractivity contribution in [3.8, 4) is 5.75 Å². The summed E-state index contributed by atoms with van der Waals surface area (Å²) in [6, 6.07) is 6.36. The molecule has 0 radical (unpaired) electrons. The van der Waals surface area contributed by atoms with Crippen LogP contribution in [-0.4, -0.2) is 24.1 Å². The molecule has 1 fully saturated rings. The smallest absolute Gasteiger partial charge is 0.191 e. The van der Waals surface area contributed by atoms with Gasteiger partial charge in [-0.05, 0) is 58.1 Å². The van der Waals surface area contributed by atoms with Crippen molar-refractivity contribution in [2.75, 3.05) is 13.2 Å². The van der Waals surface area contributed by atoms with Crippen molar-refractivity contribution in [2.24, 2.45) is 10.9 Å². The monoisotopic (exact) mass is 386 g/mol. The number of thiazole rings is 1. The topological polar surface area (TPSA) is 58.5 Å². The minimum atomic E-state index is 0.589. The highest BCUT2D eigenvalue weighted by molar-refractivity contribution is 7.11. The largest absolute Gasteiger partial charge is 0.493 e. The van der Waals surface area contributed by atoms with E-state index in [2.05, 4.69) is 61.5 Å². The van der Waals surface area contributed by atoms with Crippen molar-refractivity contribution < 1.29 is 4.74 Å². The summed E-state index contributed by atoms with van der Waals surface area (Å²) in [7, 11) is 0. The van der Waals surface area contributed by atoms with Crippen LogP contribution in [0, 0.1) is 26.7 Å². The number of benzene rings is 1. The molecule has 1 aliphatic rings. The number of nitrogens with one attached hydrogen (secondary N) is 2. The van der Waals surface area contributed by atoms with E-state index in [0.29, 0.717) is 13.1 Å². The van der Waals surface area contributed by atoms with Crippen LogP contribution in [0.3, 0.4) is 0 Å².